The first-order valence-corrected chi connectivity index (χ1v) is 7.08. The average Bonchev–Trinajstić information content (AvgIpc) is 2.25. The van der Waals surface area contributed by atoms with Gasteiger partial charge in [-0.15, -0.1) is 0 Å². The molecule has 1 atom stereocenters. The van der Waals surface area contributed by atoms with Gasteiger partial charge in [0.05, 0.1) is 13.2 Å². The second-order valence-corrected chi connectivity index (χ2v) is 6.72. The molecule has 18 heavy (non-hydrogen) atoms. The molecule has 1 aliphatic rings. The molecule has 3 nitrogen and oxygen atoms in total. The van der Waals surface area contributed by atoms with Crippen LogP contribution >= 0.6 is 0 Å². The molecule has 0 aromatic carbocycles. The maximum absolute atomic E-state index is 12.0. The van der Waals surface area contributed by atoms with E-state index in [4.69, 9.17) is 9.47 Å². The summed E-state index contributed by atoms with van der Waals surface area (Å²) in [6.07, 6.45) is 2.28. The highest BCUT2D eigenvalue weighted by Crippen LogP contribution is 2.35. The molecule has 0 bridgehead atoms. The van der Waals surface area contributed by atoms with Gasteiger partial charge >= 0.3 is 5.97 Å². The fourth-order valence-corrected chi connectivity index (χ4v) is 2.75. The molecular formula is C15H28O3. The lowest BCUT2D eigenvalue weighted by atomic mass is 9.72. The molecule has 1 aliphatic heterocycles. The van der Waals surface area contributed by atoms with E-state index in [2.05, 4.69) is 34.6 Å². The van der Waals surface area contributed by atoms with Crippen molar-refractivity contribution in [2.24, 2.45) is 17.3 Å². The SMILES string of the molecule is CC(C)[C@H](CC(=O)OC1CCOCC1)C(C)(C)C. The van der Waals surface area contributed by atoms with Crippen LogP contribution in [-0.4, -0.2) is 25.3 Å². The predicted molar refractivity (Wildman–Crippen MR) is 72.3 cm³/mol. The zero-order chi connectivity index (χ0) is 13.8. The van der Waals surface area contributed by atoms with Crippen LogP contribution in [0.4, 0.5) is 0 Å². The molecule has 0 unspecified atom stereocenters. The van der Waals surface area contributed by atoms with E-state index < -0.39 is 0 Å². The first-order chi connectivity index (χ1) is 8.30. The minimum Gasteiger partial charge on any atom is -0.462 e. The maximum Gasteiger partial charge on any atom is 0.306 e. The second kappa shape index (κ2) is 6.55. The summed E-state index contributed by atoms with van der Waals surface area (Å²) in [5.41, 5.74) is 0.142. The molecule has 0 amide bonds. The molecule has 0 aromatic rings. The van der Waals surface area contributed by atoms with Crippen molar-refractivity contribution in [3.05, 3.63) is 0 Å². The van der Waals surface area contributed by atoms with Gasteiger partial charge in [-0.1, -0.05) is 34.6 Å². The summed E-state index contributed by atoms with van der Waals surface area (Å²) in [7, 11) is 0. The lowest BCUT2D eigenvalue weighted by molar-refractivity contribution is -0.155. The predicted octanol–water partition coefficient (Wildman–Crippen LogP) is 3.42. The molecule has 1 heterocycles. The summed E-state index contributed by atoms with van der Waals surface area (Å²) in [5, 5.41) is 0. The van der Waals surface area contributed by atoms with Crippen LogP contribution in [0.1, 0.15) is 53.9 Å². The van der Waals surface area contributed by atoms with E-state index in [1.165, 1.54) is 0 Å². The van der Waals surface area contributed by atoms with E-state index in [0.717, 1.165) is 12.8 Å². The third-order valence-electron chi connectivity index (χ3n) is 3.77. The Morgan fingerprint density at radius 2 is 1.83 bits per heavy atom. The van der Waals surface area contributed by atoms with Crippen LogP contribution < -0.4 is 0 Å². The zero-order valence-corrected chi connectivity index (χ0v) is 12.5. The second-order valence-electron chi connectivity index (χ2n) is 6.72. The summed E-state index contributed by atoms with van der Waals surface area (Å²) in [5.74, 6) is 0.813. The quantitative estimate of drug-likeness (QED) is 0.723. The van der Waals surface area contributed by atoms with Crippen LogP contribution in [0.25, 0.3) is 0 Å². The summed E-state index contributed by atoms with van der Waals surface area (Å²) < 4.78 is 10.8. The van der Waals surface area contributed by atoms with Crippen molar-refractivity contribution in [3.8, 4) is 0 Å². The van der Waals surface area contributed by atoms with Crippen molar-refractivity contribution in [2.45, 2.75) is 60.0 Å². The highest BCUT2D eigenvalue weighted by atomic mass is 16.6. The highest BCUT2D eigenvalue weighted by molar-refractivity contribution is 5.70. The molecule has 1 rings (SSSR count). The largest absolute Gasteiger partial charge is 0.462 e. The minimum atomic E-state index is -0.0458. The third-order valence-corrected chi connectivity index (χ3v) is 3.77. The molecular weight excluding hydrogens is 228 g/mol. The number of esters is 1. The Labute approximate surface area is 111 Å². The Hall–Kier alpha value is -0.570. The summed E-state index contributed by atoms with van der Waals surface area (Å²) in [4.78, 5) is 12.0. The molecule has 0 radical (unpaired) electrons. The van der Waals surface area contributed by atoms with Crippen molar-refractivity contribution >= 4 is 5.97 Å². The molecule has 0 aromatic heterocycles. The van der Waals surface area contributed by atoms with Gasteiger partial charge in [0, 0.05) is 19.3 Å². The summed E-state index contributed by atoms with van der Waals surface area (Å²) in [6, 6.07) is 0. The minimum absolute atomic E-state index is 0.0458. The molecule has 1 saturated heterocycles. The van der Waals surface area contributed by atoms with Gasteiger partial charge in [-0.3, -0.25) is 4.79 Å². The van der Waals surface area contributed by atoms with Gasteiger partial charge in [0.2, 0.25) is 0 Å². The molecule has 3 heteroatoms. The van der Waals surface area contributed by atoms with Gasteiger partial charge in [0.15, 0.2) is 0 Å². The van der Waals surface area contributed by atoms with Crippen molar-refractivity contribution < 1.29 is 14.3 Å². The topological polar surface area (TPSA) is 35.5 Å². The van der Waals surface area contributed by atoms with Crippen LogP contribution in [0, 0.1) is 17.3 Å². The Morgan fingerprint density at radius 1 is 1.28 bits per heavy atom. The molecule has 0 saturated carbocycles. The zero-order valence-electron chi connectivity index (χ0n) is 12.5. The number of hydrogen-bond donors (Lipinski definition) is 0. The average molecular weight is 256 g/mol. The van der Waals surface area contributed by atoms with Gasteiger partial charge in [-0.05, 0) is 17.3 Å². The molecule has 0 aliphatic carbocycles. The van der Waals surface area contributed by atoms with Gasteiger partial charge < -0.3 is 9.47 Å². The van der Waals surface area contributed by atoms with Crippen molar-refractivity contribution in [1.82, 2.24) is 0 Å². The van der Waals surface area contributed by atoms with Gasteiger partial charge in [-0.25, -0.2) is 0 Å². The van der Waals surface area contributed by atoms with E-state index in [1.807, 2.05) is 0 Å². The first kappa shape index (κ1) is 15.5. The summed E-state index contributed by atoms with van der Waals surface area (Å²) in [6.45, 7) is 12.4. The fourth-order valence-electron chi connectivity index (χ4n) is 2.75. The van der Waals surface area contributed by atoms with Gasteiger partial charge in [-0.2, -0.15) is 0 Å². The van der Waals surface area contributed by atoms with Gasteiger partial charge in [0.25, 0.3) is 0 Å². The Morgan fingerprint density at radius 3 is 2.28 bits per heavy atom. The highest BCUT2D eigenvalue weighted by Gasteiger charge is 2.31. The van der Waals surface area contributed by atoms with E-state index in [-0.39, 0.29) is 17.5 Å². The lowest BCUT2D eigenvalue weighted by Crippen LogP contribution is -2.31. The van der Waals surface area contributed by atoms with Crippen LogP contribution in [0.15, 0.2) is 0 Å². The molecule has 106 valence electrons. The Balaban J connectivity index is 2.46. The Kier molecular flexibility index (Phi) is 5.64. The molecule has 0 N–H and O–H groups in total. The third kappa shape index (κ3) is 4.97. The monoisotopic (exact) mass is 256 g/mol. The van der Waals surface area contributed by atoms with E-state index in [9.17, 15) is 4.79 Å². The molecule has 1 fully saturated rings. The number of hydrogen-bond acceptors (Lipinski definition) is 3. The fraction of sp³-hybridized carbons (Fsp3) is 0.933. The normalized spacial score (nSPS) is 19.9. The number of carbonyl (C=O) groups is 1. The number of rotatable bonds is 4. The number of ether oxygens (including phenoxy) is 2. The van der Waals surface area contributed by atoms with E-state index in [0.29, 0.717) is 31.5 Å². The van der Waals surface area contributed by atoms with Gasteiger partial charge in [0.1, 0.15) is 6.10 Å². The van der Waals surface area contributed by atoms with Crippen LogP contribution in [-0.2, 0) is 14.3 Å². The van der Waals surface area contributed by atoms with Crippen LogP contribution in [0.5, 0.6) is 0 Å². The molecule has 0 spiro atoms. The van der Waals surface area contributed by atoms with Crippen molar-refractivity contribution in [2.75, 3.05) is 13.2 Å². The van der Waals surface area contributed by atoms with Crippen LogP contribution in [0.3, 0.4) is 0 Å². The first-order valence-electron chi connectivity index (χ1n) is 7.08. The smallest absolute Gasteiger partial charge is 0.306 e. The van der Waals surface area contributed by atoms with E-state index in [1.54, 1.807) is 0 Å². The lowest BCUT2D eigenvalue weighted by Gasteiger charge is -2.34. The van der Waals surface area contributed by atoms with E-state index >= 15 is 0 Å². The van der Waals surface area contributed by atoms with Crippen molar-refractivity contribution in [3.63, 3.8) is 0 Å². The standard InChI is InChI=1S/C15H28O3/c1-11(2)13(15(3,4)5)10-14(16)18-12-6-8-17-9-7-12/h11-13H,6-10H2,1-5H3/t13-/m0/s1. The Bertz CT molecular complexity index is 259. The maximum atomic E-state index is 12.0. The van der Waals surface area contributed by atoms with Crippen LogP contribution in [0.2, 0.25) is 0 Å². The van der Waals surface area contributed by atoms with Crippen molar-refractivity contribution in [1.29, 1.82) is 0 Å². The summed E-state index contributed by atoms with van der Waals surface area (Å²) >= 11 is 0. The number of carbonyl (C=O) groups excluding carboxylic acids is 1.